The number of aliphatic carboxylic acids is 1. The molecule has 0 aliphatic carbocycles. The summed E-state index contributed by atoms with van der Waals surface area (Å²) < 4.78 is 45.3. The van der Waals surface area contributed by atoms with Crippen LogP contribution in [0.4, 0.5) is 13.2 Å². The molecule has 0 saturated heterocycles. The average Bonchev–Trinajstić information content (AvgIpc) is 2.52. The van der Waals surface area contributed by atoms with Crippen molar-refractivity contribution >= 4 is 5.97 Å². The molecule has 0 atom stereocenters. The molecule has 0 aliphatic rings. The quantitative estimate of drug-likeness (QED) is 0.779. The molecule has 1 N–H and O–H groups in total. The molecular formula is C19H19F3O3. The second kappa shape index (κ2) is 7.59. The Balaban J connectivity index is 2.39. The number of alkyl halides is 3. The first-order valence-corrected chi connectivity index (χ1v) is 7.86. The van der Waals surface area contributed by atoms with Gasteiger partial charge in [-0.3, -0.25) is 4.79 Å². The molecule has 0 bridgehead atoms. The van der Waals surface area contributed by atoms with E-state index in [9.17, 15) is 18.0 Å². The zero-order valence-corrected chi connectivity index (χ0v) is 13.9. The molecule has 134 valence electrons. The largest absolute Gasteiger partial charge is 0.490 e. The van der Waals surface area contributed by atoms with E-state index in [4.69, 9.17) is 9.84 Å². The summed E-state index contributed by atoms with van der Waals surface area (Å²) >= 11 is 0. The van der Waals surface area contributed by atoms with Crippen LogP contribution in [0, 0.1) is 0 Å². The Morgan fingerprint density at radius 1 is 1.12 bits per heavy atom. The maximum Gasteiger partial charge on any atom is 0.419 e. The number of benzene rings is 2. The third-order valence-corrected chi connectivity index (χ3v) is 3.54. The van der Waals surface area contributed by atoms with Crippen LogP contribution >= 0.6 is 0 Å². The SMILES string of the molecule is CC(C)Oc1ccc(-c2cccc(CCC(=O)O)c2)cc1C(F)(F)F. The van der Waals surface area contributed by atoms with Crippen molar-refractivity contribution in [2.24, 2.45) is 0 Å². The van der Waals surface area contributed by atoms with E-state index < -0.39 is 17.7 Å². The third-order valence-electron chi connectivity index (χ3n) is 3.54. The van der Waals surface area contributed by atoms with Gasteiger partial charge in [-0.1, -0.05) is 30.3 Å². The van der Waals surface area contributed by atoms with Gasteiger partial charge in [0.15, 0.2) is 0 Å². The Labute approximate surface area is 144 Å². The Bertz CT molecular complexity index is 752. The van der Waals surface area contributed by atoms with Gasteiger partial charge in [0.1, 0.15) is 5.75 Å². The highest BCUT2D eigenvalue weighted by Gasteiger charge is 2.35. The Morgan fingerprint density at radius 3 is 2.40 bits per heavy atom. The number of carbonyl (C=O) groups is 1. The zero-order valence-electron chi connectivity index (χ0n) is 13.9. The first kappa shape index (κ1) is 18.8. The lowest BCUT2D eigenvalue weighted by molar-refractivity contribution is -0.139. The van der Waals surface area contributed by atoms with E-state index in [0.29, 0.717) is 17.5 Å². The van der Waals surface area contributed by atoms with Crippen molar-refractivity contribution < 1.29 is 27.8 Å². The molecule has 0 saturated carbocycles. The smallest absolute Gasteiger partial charge is 0.419 e. The van der Waals surface area contributed by atoms with Crippen LogP contribution in [0.15, 0.2) is 42.5 Å². The topological polar surface area (TPSA) is 46.5 Å². The van der Waals surface area contributed by atoms with Gasteiger partial charge in [-0.25, -0.2) is 0 Å². The van der Waals surface area contributed by atoms with Crippen molar-refractivity contribution in [1.29, 1.82) is 0 Å². The van der Waals surface area contributed by atoms with Crippen LogP contribution in [0.5, 0.6) is 5.75 Å². The van der Waals surface area contributed by atoms with E-state index >= 15 is 0 Å². The number of rotatable bonds is 6. The van der Waals surface area contributed by atoms with Crippen LogP contribution in [-0.2, 0) is 17.4 Å². The van der Waals surface area contributed by atoms with Gasteiger partial charge in [0.25, 0.3) is 0 Å². The molecule has 0 aliphatic heterocycles. The third kappa shape index (κ3) is 5.24. The predicted octanol–water partition coefficient (Wildman–Crippen LogP) is 5.18. The van der Waals surface area contributed by atoms with E-state index in [-0.39, 0.29) is 18.3 Å². The van der Waals surface area contributed by atoms with E-state index in [1.165, 1.54) is 6.07 Å². The molecule has 0 fully saturated rings. The summed E-state index contributed by atoms with van der Waals surface area (Å²) in [5.74, 6) is -1.12. The molecule has 0 spiro atoms. The van der Waals surface area contributed by atoms with Crippen molar-refractivity contribution in [3.63, 3.8) is 0 Å². The number of aryl methyl sites for hydroxylation is 1. The molecule has 2 aromatic carbocycles. The number of carboxylic acids is 1. The summed E-state index contributed by atoms with van der Waals surface area (Å²) in [6.45, 7) is 3.33. The van der Waals surface area contributed by atoms with Crippen LogP contribution in [0.3, 0.4) is 0 Å². The minimum absolute atomic E-state index is 0.0293. The summed E-state index contributed by atoms with van der Waals surface area (Å²) in [4.78, 5) is 10.7. The normalized spacial score (nSPS) is 11.6. The number of carboxylic acid groups (broad SMARTS) is 1. The van der Waals surface area contributed by atoms with Gasteiger partial charge in [-0.2, -0.15) is 13.2 Å². The maximum atomic E-state index is 13.3. The second-order valence-electron chi connectivity index (χ2n) is 5.97. The summed E-state index contributed by atoms with van der Waals surface area (Å²) in [5.41, 5.74) is 0.940. The van der Waals surface area contributed by atoms with Gasteiger partial charge < -0.3 is 9.84 Å². The number of hydrogen-bond acceptors (Lipinski definition) is 2. The first-order valence-electron chi connectivity index (χ1n) is 7.86. The molecule has 3 nitrogen and oxygen atoms in total. The monoisotopic (exact) mass is 352 g/mol. The van der Waals surface area contributed by atoms with Crippen LogP contribution in [-0.4, -0.2) is 17.2 Å². The summed E-state index contributed by atoms with van der Waals surface area (Å²) in [6, 6.07) is 10.8. The molecule has 2 aromatic rings. The van der Waals surface area contributed by atoms with Gasteiger partial charge in [0, 0.05) is 6.42 Å². The minimum atomic E-state index is -4.53. The van der Waals surface area contributed by atoms with Gasteiger partial charge in [-0.05, 0) is 49.1 Å². The molecule has 6 heteroatoms. The van der Waals surface area contributed by atoms with Crippen molar-refractivity contribution in [2.75, 3.05) is 0 Å². The van der Waals surface area contributed by atoms with Crippen molar-refractivity contribution in [1.82, 2.24) is 0 Å². The molecule has 0 unspecified atom stereocenters. The molecule has 0 radical (unpaired) electrons. The van der Waals surface area contributed by atoms with E-state index in [0.717, 1.165) is 11.6 Å². The Morgan fingerprint density at radius 2 is 1.80 bits per heavy atom. The van der Waals surface area contributed by atoms with Crippen molar-refractivity contribution in [3.8, 4) is 16.9 Å². The van der Waals surface area contributed by atoms with Crippen LogP contribution in [0.2, 0.25) is 0 Å². The lowest BCUT2D eigenvalue weighted by atomic mass is 9.99. The summed E-state index contributed by atoms with van der Waals surface area (Å²) in [7, 11) is 0. The van der Waals surface area contributed by atoms with Gasteiger partial charge in [0.2, 0.25) is 0 Å². The lowest BCUT2D eigenvalue weighted by Gasteiger charge is -2.17. The maximum absolute atomic E-state index is 13.3. The van der Waals surface area contributed by atoms with Gasteiger partial charge in [-0.15, -0.1) is 0 Å². The Hall–Kier alpha value is -2.50. The number of ether oxygens (including phenoxy) is 1. The molecule has 0 heterocycles. The second-order valence-corrected chi connectivity index (χ2v) is 5.97. The average molecular weight is 352 g/mol. The molecule has 0 aromatic heterocycles. The fourth-order valence-corrected chi connectivity index (χ4v) is 2.45. The van der Waals surface area contributed by atoms with E-state index in [2.05, 4.69) is 0 Å². The highest BCUT2D eigenvalue weighted by molar-refractivity contribution is 5.68. The fraction of sp³-hybridized carbons (Fsp3) is 0.316. The van der Waals surface area contributed by atoms with E-state index in [1.807, 2.05) is 0 Å². The fourth-order valence-electron chi connectivity index (χ4n) is 2.45. The lowest BCUT2D eigenvalue weighted by Crippen LogP contribution is -2.13. The van der Waals surface area contributed by atoms with Crippen molar-refractivity contribution in [2.45, 2.75) is 39.0 Å². The highest BCUT2D eigenvalue weighted by Crippen LogP contribution is 2.39. The van der Waals surface area contributed by atoms with Crippen LogP contribution in [0.1, 0.15) is 31.4 Å². The molecule has 2 rings (SSSR count). The number of hydrogen-bond donors (Lipinski definition) is 1. The van der Waals surface area contributed by atoms with Crippen LogP contribution in [0.25, 0.3) is 11.1 Å². The predicted molar refractivity (Wildman–Crippen MR) is 88.6 cm³/mol. The molecule has 25 heavy (non-hydrogen) atoms. The standard InChI is InChI=1S/C19H19F3O3/c1-12(2)25-17-8-7-15(11-16(17)19(20,21)22)14-5-3-4-13(10-14)6-9-18(23)24/h3-5,7-8,10-12H,6,9H2,1-2H3,(H,23,24). The highest BCUT2D eigenvalue weighted by atomic mass is 19.4. The Kier molecular flexibility index (Phi) is 5.72. The van der Waals surface area contributed by atoms with Crippen LogP contribution < -0.4 is 4.74 Å². The molecular weight excluding hydrogens is 333 g/mol. The summed E-state index contributed by atoms with van der Waals surface area (Å²) in [5, 5.41) is 8.75. The first-order chi connectivity index (χ1) is 11.7. The van der Waals surface area contributed by atoms with Gasteiger partial charge in [0.05, 0.1) is 11.7 Å². The van der Waals surface area contributed by atoms with E-state index in [1.54, 1.807) is 44.2 Å². The molecule has 0 amide bonds. The number of halogens is 3. The minimum Gasteiger partial charge on any atom is -0.490 e. The van der Waals surface area contributed by atoms with Crippen molar-refractivity contribution in [3.05, 3.63) is 53.6 Å². The summed E-state index contributed by atoms with van der Waals surface area (Å²) in [6.07, 6.45) is -4.60. The zero-order chi connectivity index (χ0) is 18.6. The van der Waals surface area contributed by atoms with Gasteiger partial charge >= 0.3 is 12.1 Å².